The van der Waals surface area contributed by atoms with Gasteiger partial charge in [-0.05, 0) is 43.2 Å². The van der Waals surface area contributed by atoms with Gasteiger partial charge in [0.05, 0.1) is 0 Å². The molecule has 26 heavy (non-hydrogen) atoms. The van der Waals surface area contributed by atoms with Gasteiger partial charge in [-0.2, -0.15) is 0 Å². The third-order valence-electron chi connectivity index (χ3n) is 4.09. The molecule has 0 fully saturated rings. The molecule has 0 aliphatic rings. The van der Waals surface area contributed by atoms with E-state index in [9.17, 15) is 9.59 Å². The molecular weight excluding hydrogens is 371 g/mol. The van der Waals surface area contributed by atoms with Gasteiger partial charge in [-0.25, -0.2) is 0 Å². The molecule has 0 radical (unpaired) electrons. The summed E-state index contributed by atoms with van der Waals surface area (Å²) < 4.78 is 0. The van der Waals surface area contributed by atoms with E-state index in [1.165, 1.54) is 6.92 Å². The van der Waals surface area contributed by atoms with Gasteiger partial charge >= 0.3 is 0 Å². The minimum absolute atomic E-state index is 0.0420. The van der Waals surface area contributed by atoms with Gasteiger partial charge in [0.15, 0.2) is 0 Å². The van der Waals surface area contributed by atoms with E-state index in [2.05, 4.69) is 5.32 Å². The molecule has 0 spiro atoms. The van der Waals surface area contributed by atoms with Crippen molar-refractivity contribution in [2.75, 3.05) is 19.6 Å². The number of rotatable bonds is 7. The average Bonchev–Trinajstić information content (AvgIpc) is 2.59. The van der Waals surface area contributed by atoms with Crippen molar-refractivity contribution in [3.63, 3.8) is 0 Å². The third kappa shape index (κ3) is 6.04. The lowest BCUT2D eigenvalue weighted by molar-refractivity contribution is -0.128. The topological polar surface area (TPSA) is 49.4 Å². The van der Waals surface area contributed by atoms with Crippen LogP contribution in [0, 0.1) is 6.92 Å². The van der Waals surface area contributed by atoms with Gasteiger partial charge in [-0.1, -0.05) is 47.0 Å². The molecule has 4 nitrogen and oxygen atoms in total. The maximum Gasteiger partial charge on any atom is 0.251 e. The standard InChI is InChI=1S/C20H22Cl2N2O2/c1-14-3-5-17(6-4-14)20(26)23-10-12-24(15(2)25)11-9-16-7-8-18(21)13-19(16)22/h3-8,13H,9-12H2,1-2H3,(H,23,26). The lowest BCUT2D eigenvalue weighted by atomic mass is 10.1. The van der Waals surface area contributed by atoms with Gasteiger partial charge in [-0.15, -0.1) is 0 Å². The van der Waals surface area contributed by atoms with E-state index in [0.29, 0.717) is 41.7 Å². The van der Waals surface area contributed by atoms with Crippen molar-refractivity contribution < 1.29 is 9.59 Å². The summed E-state index contributed by atoms with van der Waals surface area (Å²) in [4.78, 5) is 25.7. The Hall–Kier alpha value is -2.04. The molecule has 2 aromatic rings. The minimum atomic E-state index is -0.144. The quantitative estimate of drug-likeness (QED) is 0.769. The van der Waals surface area contributed by atoms with Crippen molar-refractivity contribution in [3.05, 3.63) is 69.2 Å². The molecule has 2 aromatic carbocycles. The number of carbonyl (C=O) groups excluding carboxylic acids is 2. The molecule has 0 aromatic heterocycles. The molecule has 0 aliphatic carbocycles. The van der Waals surface area contributed by atoms with Crippen LogP contribution in [-0.4, -0.2) is 36.3 Å². The fraction of sp³-hybridized carbons (Fsp3) is 0.300. The molecule has 1 N–H and O–H groups in total. The Bertz CT molecular complexity index is 776. The molecule has 138 valence electrons. The van der Waals surface area contributed by atoms with Crippen molar-refractivity contribution in [2.24, 2.45) is 0 Å². The fourth-order valence-electron chi connectivity index (χ4n) is 2.52. The number of halogens is 2. The maximum absolute atomic E-state index is 12.1. The van der Waals surface area contributed by atoms with Gasteiger partial charge < -0.3 is 10.2 Å². The van der Waals surface area contributed by atoms with Crippen LogP contribution < -0.4 is 5.32 Å². The number of hydrogen-bond acceptors (Lipinski definition) is 2. The minimum Gasteiger partial charge on any atom is -0.350 e. The van der Waals surface area contributed by atoms with E-state index >= 15 is 0 Å². The zero-order chi connectivity index (χ0) is 19.1. The van der Waals surface area contributed by atoms with Crippen LogP contribution in [0.15, 0.2) is 42.5 Å². The first kappa shape index (κ1) is 20.3. The second-order valence-electron chi connectivity index (χ2n) is 6.11. The van der Waals surface area contributed by atoms with E-state index in [-0.39, 0.29) is 11.8 Å². The first-order valence-electron chi connectivity index (χ1n) is 8.41. The van der Waals surface area contributed by atoms with Crippen molar-refractivity contribution >= 4 is 35.0 Å². The average molecular weight is 393 g/mol. The molecule has 0 aliphatic heterocycles. The Morgan fingerprint density at radius 1 is 1.04 bits per heavy atom. The maximum atomic E-state index is 12.1. The van der Waals surface area contributed by atoms with Crippen molar-refractivity contribution in [1.82, 2.24) is 10.2 Å². The molecule has 0 atom stereocenters. The number of hydrogen-bond donors (Lipinski definition) is 1. The smallest absolute Gasteiger partial charge is 0.251 e. The van der Waals surface area contributed by atoms with Crippen LogP contribution in [0.2, 0.25) is 10.0 Å². The van der Waals surface area contributed by atoms with Crippen LogP contribution in [-0.2, 0) is 11.2 Å². The van der Waals surface area contributed by atoms with E-state index in [0.717, 1.165) is 11.1 Å². The van der Waals surface area contributed by atoms with Gasteiger partial charge in [0, 0.05) is 42.2 Å². The van der Waals surface area contributed by atoms with Gasteiger partial charge in [0.1, 0.15) is 0 Å². The van der Waals surface area contributed by atoms with E-state index in [4.69, 9.17) is 23.2 Å². The zero-order valence-electron chi connectivity index (χ0n) is 14.9. The summed E-state index contributed by atoms with van der Waals surface area (Å²) in [6.07, 6.45) is 0.626. The summed E-state index contributed by atoms with van der Waals surface area (Å²) in [5.74, 6) is -0.186. The SMILES string of the molecule is CC(=O)N(CCNC(=O)c1ccc(C)cc1)CCc1ccc(Cl)cc1Cl. The van der Waals surface area contributed by atoms with Crippen LogP contribution in [0.4, 0.5) is 0 Å². The van der Waals surface area contributed by atoms with Crippen LogP contribution in [0.3, 0.4) is 0 Å². The Balaban J connectivity index is 1.85. The van der Waals surface area contributed by atoms with E-state index < -0.39 is 0 Å². The van der Waals surface area contributed by atoms with Crippen LogP contribution in [0.25, 0.3) is 0 Å². The first-order chi connectivity index (χ1) is 12.4. The largest absolute Gasteiger partial charge is 0.350 e. The molecule has 6 heteroatoms. The summed E-state index contributed by atoms with van der Waals surface area (Å²) in [6, 6.07) is 12.7. The van der Waals surface area contributed by atoms with Gasteiger partial charge in [0.25, 0.3) is 5.91 Å². The Morgan fingerprint density at radius 3 is 2.35 bits per heavy atom. The molecule has 0 heterocycles. The molecule has 0 unspecified atom stereocenters. The number of aryl methyl sites for hydroxylation is 1. The van der Waals surface area contributed by atoms with E-state index in [1.807, 2.05) is 25.1 Å². The van der Waals surface area contributed by atoms with Crippen molar-refractivity contribution in [2.45, 2.75) is 20.3 Å². The molecular formula is C20H22Cl2N2O2. The lowest BCUT2D eigenvalue weighted by Gasteiger charge is -2.21. The summed E-state index contributed by atoms with van der Waals surface area (Å²) >= 11 is 12.1. The summed E-state index contributed by atoms with van der Waals surface area (Å²) in [5, 5.41) is 4.02. The normalized spacial score (nSPS) is 10.5. The van der Waals surface area contributed by atoms with Gasteiger partial charge in [-0.3, -0.25) is 9.59 Å². The second-order valence-corrected chi connectivity index (χ2v) is 6.96. The number of benzene rings is 2. The molecule has 0 bridgehead atoms. The second kappa shape index (κ2) is 9.60. The van der Waals surface area contributed by atoms with Crippen LogP contribution >= 0.6 is 23.2 Å². The zero-order valence-corrected chi connectivity index (χ0v) is 16.4. The third-order valence-corrected chi connectivity index (χ3v) is 4.68. The highest BCUT2D eigenvalue weighted by Crippen LogP contribution is 2.21. The van der Waals surface area contributed by atoms with Crippen LogP contribution in [0.1, 0.15) is 28.4 Å². The highest BCUT2D eigenvalue weighted by atomic mass is 35.5. The van der Waals surface area contributed by atoms with Crippen LogP contribution in [0.5, 0.6) is 0 Å². The molecule has 0 saturated carbocycles. The van der Waals surface area contributed by atoms with Crippen molar-refractivity contribution in [3.8, 4) is 0 Å². The van der Waals surface area contributed by atoms with Gasteiger partial charge in [0.2, 0.25) is 5.91 Å². The molecule has 0 saturated heterocycles. The lowest BCUT2D eigenvalue weighted by Crippen LogP contribution is -2.38. The predicted octanol–water partition coefficient (Wildman–Crippen LogP) is 4.12. The number of nitrogens with one attached hydrogen (secondary N) is 1. The molecule has 2 rings (SSSR count). The summed E-state index contributed by atoms with van der Waals surface area (Å²) in [6.45, 7) is 4.85. The number of carbonyl (C=O) groups is 2. The first-order valence-corrected chi connectivity index (χ1v) is 9.16. The number of nitrogens with zero attached hydrogens (tertiary/aromatic N) is 1. The highest BCUT2D eigenvalue weighted by Gasteiger charge is 2.11. The van der Waals surface area contributed by atoms with Crippen molar-refractivity contribution in [1.29, 1.82) is 0 Å². The monoisotopic (exact) mass is 392 g/mol. The molecule has 2 amide bonds. The Labute approximate surface area is 164 Å². The summed E-state index contributed by atoms with van der Waals surface area (Å²) in [5.41, 5.74) is 2.65. The highest BCUT2D eigenvalue weighted by molar-refractivity contribution is 6.35. The number of amides is 2. The van der Waals surface area contributed by atoms with E-state index in [1.54, 1.807) is 29.2 Å². The Kier molecular flexibility index (Phi) is 7.49. The Morgan fingerprint density at radius 2 is 1.73 bits per heavy atom. The summed E-state index contributed by atoms with van der Waals surface area (Å²) in [7, 11) is 0. The predicted molar refractivity (Wildman–Crippen MR) is 106 cm³/mol. The fourth-order valence-corrected chi connectivity index (χ4v) is 3.02.